The first-order chi connectivity index (χ1) is 18.7. The van der Waals surface area contributed by atoms with Gasteiger partial charge >= 0.3 is 0 Å². The summed E-state index contributed by atoms with van der Waals surface area (Å²) in [4.78, 5) is 70.2. The van der Waals surface area contributed by atoms with Crippen LogP contribution in [0.5, 0.6) is 5.75 Å². The highest BCUT2D eigenvalue weighted by Crippen LogP contribution is 2.52. The maximum atomic E-state index is 14.0. The SMILES string of the molecule is CN(C)c1ccc(-c2cc(I)c(O)c3c2C[C@@H]2C[C@@H]4[C@@H](N(C)C)C(=O)C(C(N)=O)C(=O)[C@]4(O)C(=O)C2C3=O)cc1. The smallest absolute Gasteiger partial charge is 0.235 e. The third kappa shape index (κ3) is 3.92. The molecule has 0 saturated heterocycles. The van der Waals surface area contributed by atoms with E-state index in [1.807, 2.05) is 65.9 Å². The van der Waals surface area contributed by atoms with E-state index in [4.69, 9.17) is 5.73 Å². The van der Waals surface area contributed by atoms with Crippen LogP contribution in [0.3, 0.4) is 0 Å². The highest BCUT2D eigenvalue weighted by molar-refractivity contribution is 14.1. The number of aromatic hydroxyl groups is 1. The van der Waals surface area contributed by atoms with E-state index in [2.05, 4.69) is 0 Å². The Morgan fingerprint density at radius 1 is 1.05 bits per heavy atom. The van der Waals surface area contributed by atoms with Gasteiger partial charge in [-0.3, -0.25) is 28.9 Å². The maximum Gasteiger partial charge on any atom is 0.235 e. The molecule has 5 rings (SSSR count). The number of halogens is 1. The van der Waals surface area contributed by atoms with Crippen molar-refractivity contribution < 1.29 is 34.2 Å². The van der Waals surface area contributed by atoms with Gasteiger partial charge in [0, 0.05) is 25.7 Å². The quantitative estimate of drug-likeness (QED) is 0.324. The van der Waals surface area contributed by atoms with Crippen LogP contribution in [-0.2, 0) is 25.6 Å². The van der Waals surface area contributed by atoms with Gasteiger partial charge in [0.25, 0.3) is 0 Å². The summed E-state index contributed by atoms with van der Waals surface area (Å²) in [6.07, 6.45) is 0.219. The number of aliphatic hydroxyl groups is 1. The maximum absolute atomic E-state index is 14.0. The molecule has 2 aromatic carbocycles. The Hall–Kier alpha value is -3.16. The second kappa shape index (κ2) is 9.74. The van der Waals surface area contributed by atoms with Crippen molar-refractivity contribution in [3.8, 4) is 16.9 Å². The molecule has 0 radical (unpaired) electrons. The summed E-state index contributed by atoms with van der Waals surface area (Å²) >= 11 is 1.93. The molecule has 0 heterocycles. The van der Waals surface area contributed by atoms with Crippen molar-refractivity contribution in [2.75, 3.05) is 33.1 Å². The van der Waals surface area contributed by atoms with Crippen LogP contribution >= 0.6 is 22.6 Å². The average Bonchev–Trinajstić information content (AvgIpc) is 2.88. The Morgan fingerprint density at radius 3 is 2.23 bits per heavy atom. The molecule has 4 N–H and O–H groups in total. The fraction of sp³-hybridized carbons (Fsp3) is 0.414. The summed E-state index contributed by atoms with van der Waals surface area (Å²) in [5.41, 5.74) is 5.73. The number of fused-ring (bicyclic) bond motifs is 3. The van der Waals surface area contributed by atoms with Gasteiger partial charge in [-0.1, -0.05) is 12.1 Å². The van der Waals surface area contributed by atoms with Crippen molar-refractivity contribution in [3.05, 3.63) is 45.0 Å². The number of primary amides is 1. The molecule has 1 amide bonds. The van der Waals surface area contributed by atoms with Crippen LogP contribution in [0.2, 0.25) is 0 Å². The Labute approximate surface area is 244 Å². The number of nitrogens with zero attached hydrogens (tertiary/aromatic N) is 2. The number of ketones is 4. The van der Waals surface area contributed by atoms with E-state index in [1.54, 1.807) is 20.2 Å². The van der Waals surface area contributed by atoms with Crippen LogP contribution < -0.4 is 10.6 Å². The van der Waals surface area contributed by atoms with E-state index in [-0.39, 0.29) is 24.2 Å². The first kappa shape index (κ1) is 28.4. The minimum Gasteiger partial charge on any atom is -0.506 e. The number of hydrogen-bond donors (Lipinski definition) is 3. The highest BCUT2D eigenvalue weighted by Gasteiger charge is 2.69. The first-order valence-corrected chi connectivity index (χ1v) is 14.0. The van der Waals surface area contributed by atoms with E-state index < -0.39 is 64.4 Å². The van der Waals surface area contributed by atoms with Gasteiger partial charge in [0.2, 0.25) is 5.91 Å². The molecule has 210 valence electrons. The van der Waals surface area contributed by atoms with Crippen LogP contribution in [0.1, 0.15) is 22.3 Å². The zero-order valence-corrected chi connectivity index (χ0v) is 24.6. The van der Waals surface area contributed by atoms with Gasteiger partial charge in [-0.2, -0.15) is 0 Å². The number of amides is 1. The molecule has 6 atom stereocenters. The first-order valence-electron chi connectivity index (χ1n) is 12.9. The van der Waals surface area contributed by atoms with E-state index in [9.17, 15) is 34.2 Å². The largest absolute Gasteiger partial charge is 0.506 e. The van der Waals surface area contributed by atoms with Crippen LogP contribution in [-0.4, -0.2) is 84.0 Å². The summed E-state index contributed by atoms with van der Waals surface area (Å²) in [6, 6.07) is 8.38. The fourth-order valence-electron chi connectivity index (χ4n) is 6.84. The Bertz CT molecular complexity index is 1490. The normalized spacial score (nSPS) is 29.6. The molecule has 2 unspecified atom stereocenters. The molecule has 0 aliphatic heterocycles. The zero-order valence-electron chi connectivity index (χ0n) is 22.5. The Balaban J connectivity index is 1.66. The molecule has 0 bridgehead atoms. The predicted octanol–water partition coefficient (Wildman–Crippen LogP) is 1.20. The molecule has 40 heavy (non-hydrogen) atoms. The van der Waals surface area contributed by atoms with Gasteiger partial charge in [0.1, 0.15) is 5.75 Å². The number of Topliss-reactive ketones (excluding diaryl/α,β-unsaturated/α-hetero) is 4. The lowest BCUT2D eigenvalue weighted by Gasteiger charge is -2.52. The molecule has 2 aromatic rings. The third-order valence-electron chi connectivity index (χ3n) is 8.71. The van der Waals surface area contributed by atoms with Crippen molar-refractivity contribution >= 4 is 57.3 Å². The minimum absolute atomic E-state index is 0.00909. The topological polar surface area (TPSA) is 158 Å². The number of phenolic OH excluding ortho intramolecular Hbond substituents is 1. The molecular formula is C29H30IN3O7. The van der Waals surface area contributed by atoms with Crippen molar-refractivity contribution in [3.63, 3.8) is 0 Å². The van der Waals surface area contributed by atoms with Crippen molar-refractivity contribution in [1.82, 2.24) is 4.90 Å². The summed E-state index contributed by atoms with van der Waals surface area (Å²) < 4.78 is 0.412. The zero-order chi connectivity index (χ0) is 29.4. The summed E-state index contributed by atoms with van der Waals surface area (Å²) in [5, 5.41) is 22.7. The summed E-state index contributed by atoms with van der Waals surface area (Å²) in [6.45, 7) is 0. The fourth-order valence-corrected chi connectivity index (χ4v) is 7.42. The number of carbonyl (C=O) groups excluding carboxylic acids is 5. The van der Waals surface area contributed by atoms with Gasteiger partial charge in [-0.15, -0.1) is 0 Å². The van der Waals surface area contributed by atoms with Gasteiger partial charge < -0.3 is 20.8 Å². The van der Waals surface area contributed by atoms with Crippen LogP contribution in [0, 0.1) is 27.2 Å². The molecule has 3 aliphatic rings. The molecule has 0 aromatic heterocycles. The second-order valence-electron chi connectivity index (χ2n) is 11.3. The molecule has 10 nitrogen and oxygen atoms in total. The monoisotopic (exact) mass is 659 g/mol. The number of hydrogen-bond acceptors (Lipinski definition) is 9. The molecule has 11 heteroatoms. The van der Waals surface area contributed by atoms with Gasteiger partial charge in [-0.05, 0) is 90.3 Å². The van der Waals surface area contributed by atoms with E-state index in [1.165, 1.54) is 4.90 Å². The van der Waals surface area contributed by atoms with Crippen LogP contribution in [0.4, 0.5) is 5.69 Å². The second-order valence-corrected chi connectivity index (χ2v) is 12.5. The molecule has 2 fully saturated rings. The van der Waals surface area contributed by atoms with E-state index in [0.717, 1.165) is 16.8 Å². The lowest BCUT2D eigenvalue weighted by atomic mass is 9.52. The highest BCUT2D eigenvalue weighted by atomic mass is 127. The van der Waals surface area contributed by atoms with Crippen molar-refractivity contribution in [1.29, 1.82) is 0 Å². The minimum atomic E-state index is -2.74. The third-order valence-corrected chi connectivity index (χ3v) is 9.53. The lowest BCUT2D eigenvalue weighted by Crippen LogP contribution is -2.74. The lowest BCUT2D eigenvalue weighted by molar-refractivity contribution is -0.181. The van der Waals surface area contributed by atoms with E-state index in [0.29, 0.717) is 9.13 Å². The van der Waals surface area contributed by atoms with Gasteiger partial charge in [-0.25, -0.2) is 0 Å². The summed E-state index contributed by atoms with van der Waals surface area (Å²) in [7, 11) is 6.97. The Kier molecular flexibility index (Phi) is 6.91. The number of rotatable bonds is 4. The molecular weight excluding hydrogens is 629 g/mol. The Morgan fingerprint density at radius 2 is 1.68 bits per heavy atom. The summed E-state index contributed by atoms with van der Waals surface area (Å²) in [5.74, 6) is -10.5. The standard InChI is InChI=1S/C29H30IN3O7/c1-32(2)14-7-5-12(6-8-14)15-11-18(30)23(34)20-16(15)9-13-10-17-22(33(3)4)25(36)21(28(31)39)27(38)29(17,40)26(37)19(13)24(20)35/h5-8,11,13,17,19,21-22,34,40H,9-10H2,1-4H3,(H2,31,39)/t13-,17-,19?,21?,22-,29-/m1/s1. The van der Waals surface area contributed by atoms with Crippen molar-refractivity contribution in [2.24, 2.45) is 29.4 Å². The van der Waals surface area contributed by atoms with E-state index >= 15 is 0 Å². The van der Waals surface area contributed by atoms with Crippen LogP contribution in [0.15, 0.2) is 30.3 Å². The van der Waals surface area contributed by atoms with Crippen molar-refractivity contribution in [2.45, 2.75) is 24.5 Å². The number of nitrogens with two attached hydrogens (primary N) is 1. The van der Waals surface area contributed by atoms with Crippen LogP contribution in [0.25, 0.3) is 11.1 Å². The number of anilines is 1. The number of carbonyl (C=O) groups is 5. The molecule has 3 aliphatic carbocycles. The van der Waals surface area contributed by atoms with Gasteiger partial charge in [0.05, 0.1) is 21.1 Å². The average molecular weight is 659 g/mol. The number of phenols is 1. The molecule has 0 spiro atoms. The number of likely N-dealkylation sites (N-methyl/N-ethyl adjacent to an activating group) is 1. The molecule has 2 saturated carbocycles. The predicted molar refractivity (Wildman–Crippen MR) is 154 cm³/mol. The number of benzene rings is 2. The van der Waals surface area contributed by atoms with Gasteiger partial charge in [0.15, 0.2) is 34.7 Å².